The minimum Gasteiger partial charge on any atom is -0.345 e. The number of amides is 2. The fraction of sp³-hybridized carbons (Fsp3) is 0.515. The average Bonchev–Trinajstić information content (AvgIpc) is 3.38. The van der Waals surface area contributed by atoms with E-state index in [0.717, 1.165) is 44.1 Å². The number of hydrazine groups is 2. The van der Waals surface area contributed by atoms with Gasteiger partial charge in [0.05, 0.1) is 12.6 Å². The van der Waals surface area contributed by atoms with Crippen LogP contribution in [0.15, 0.2) is 52.6 Å². The molecule has 0 saturated heterocycles. The molecule has 2 saturated carbocycles. The lowest BCUT2D eigenvalue weighted by atomic mass is 9.75. The molecule has 6 rings (SSSR count). The number of benzene rings is 2. The van der Waals surface area contributed by atoms with E-state index in [1.807, 2.05) is 24.3 Å². The first-order valence-corrected chi connectivity index (χ1v) is 16.4. The van der Waals surface area contributed by atoms with Gasteiger partial charge in [0.1, 0.15) is 11.4 Å². The first-order valence-electron chi connectivity index (χ1n) is 15.7. The number of halogens is 2. The van der Waals surface area contributed by atoms with Crippen LogP contribution in [-0.2, 0) is 4.79 Å². The van der Waals surface area contributed by atoms with Crippen molar-refractivity contribution in [3.63, 3.8) is 0 Å². The van der Waals surface area contributed by atoms with Crippen LogP contribution in [0.25, 0.3) is 0 Å². The fourth-order valence-corrected chi connectivity index (χ4v) is 7.39. The summed E-state index contributed by atoms with van der Waals surface area (Å²) in [5, 5.41) is 7.84. The van der Waals surface area contributed by atoms with Gasteiger partial charge in [-0.2, -0.15) is 0 Å². The first kappa shape index (κ1) is 30.9. The lowest BCUT2D eigenvalue weighted by Gasteiger charge is -2.46. The van der Waals surface area contributed by atoms with Gasteiger partial charge < -0.3 is 10.2 Å². The normalized spacial score (nSPS) is 24.5. The Morgan fingerprint density at radius 1 is 1.07 bits per heavy atom. The highest BCUT2D eigenvalue weighted by Crippen LogP contribution is 2.53. The molecule has 2 fully saturated rings. The van der Waals surface area contributed by atoms with Crippen LogP contribution in [-0.4, -0.2) is 40.5 Å². The van der Waals surface area contributed by atoms with Gasteiger partial charge in [0.2, 0.25) is 0 Å². The standard InChI is InChI=1S/C33H41Cl2N7O2/c1-20(2)21-8-12-33(13-9-21)37-29(24-16-25(34)18-26(35)17-24)31(44)42(33)27(10-11-32(3)14-15-32)22-4-6-23(7-5-22)30(43)36-19-28-38-40-41-39-28/h4-7,16-18,20-21,27,40-41H,8-15,19H2,1-3H3,(H,36,43)(H,38,39)/t21?,27-,33?/m1/s1. The molecule has 1 spiro atoms. The Hall–Kier alpha value is -3.14. The molecular formula is C33H41Cl2N7O2. The van der Waals surface area contributed by atoms with Crippen LogP contribution in [0, 0.1) is 17.3 Å². The van der Waals surface area contributed by atoms with Crippen molar-refractivity contribution >= 4 is 46.6 Å². The minimum atomic E-state index is -0.630. The van der Waals surface area contributed by atoms with Gasteiger partial charge in [-0.3, -0.25) is 20.0 Å². The molecule has 2 aromatic carbocycles. The highest BCUT2D eigenvalue weighted by molar-refractivity contribution is 6.47. The second kappa shape index (κ2) is 12.3. The van der Waals surface area contributed by atoms with Crippen molar-refractivity contribution in [3.05, 3.63) is 69.2 Å². The van der Waals surface area contributed by atoms with Gasteiger partial charge in [-0.15, -0.1) is 10.6 Å². The van der Waals surface area contributed by atoms with Crippen LogP contribution in [0.3, 0.4) is 0 Å². The van der Waals surface area contributed by atoms with E-state index < -0.39 is 5.66 Å². The summed E-state index contributed by atoms with van der Waals surface area (Å²) in [5.74, 6) is 1.51. The monoisotopic (exact) mass is 637 g/mol. The smallest absolute Gasteiger partial charge is 0.275 e. The molecule has 234 valence electrons. The molecule has 2 amide bonds. The summed E-state index contributed by atoms with van der Waals surface area (Å²) in [4.78, 5) is 34.8. The fourth-order valence-electron chi connectivity index (χ4n) is 6.87. The Bertz CT molecular complexity index is 1460. The largest absolute Gasteiger partial charge is 0.345 e. The Labute approximate surface area is 269 Å². The van der Waals surface area contributed by atoms with Crippen molar-refractivity contribution in [1.82, 2.24) is 26.7 Å². The zero-order valence-corrected chi connectivity index (χ0v) is 27.1. The van der Waals surface area contributed by atoms with Gasteiger partial charge in [-0.25, -0.2) is 5.53 Å². The van der Waals surface area contributed by atoms with Crippen molar-refractivity contribution in [2.24, 2.45) is 27.3 Å². The summed E-state index contributed by atoms with van der Waals surface area (Å²) in [7, 11) is 0. The molecular weight excluding hydrogens is 597 g/mol. The molecule has 0 bridgehead atoms. The number of nitrogens with one attached hydrogen (secondary N) is 4. The lowest BCUT2D eigenvalue weighted by molar-refractivity contribution is -0.133. The summed E-state index contributed by atoms with van der Waals surface area (Å²) in [6.07, 6.45) is 7.93. The quantitative estimate of drug-likeness (QED) is 0.250. The third-order valence-electron chi connectivity index (χ3n) is 9.96. The van der Waals surface area contributed by atoms with Crippen molar-refractivity contribution < 1.29 is 9.59 Å². The van der Waals surface area contributed by atoms with E-state index in [1.165, 1.54) is 12.8 Å². The topological polar surface area (TPSA) is 110 Å². The van der Waals surface area contributed by atoms with E-state index in [0.29, 0.717) is 50.0 Å². The van der Waals surface area contributed by atoms with Gasteiger partial charge in [-0.05, 0) is 105 Å². The Kier molecular flexibility index (Phi) is 8.65. The van der Waals surface area contributed by atoms with E-state index in [2.05, 4.69) is 52.6 Å². The molecule has 2 aliphatic heterocycles. The maximum Gasteiger partial charge on any atom is 0.275 e. The molecule has 0 unspecified atom stereocenters. The Morgan fingerprint density at radius 3 is 2.34 bits per heavy atom. The molecule has 11 heteroatoms. The average molecular weight is 639 g/mol. The van der Waals surface area contributed by atoms with Crippen LogP contribution in [0.4, 0.5) is 0 Å². The van der Waals surface area contributed by atoms with Crippen molar-refractivity contribution in [2.45, 2.75) is 83.8 Å². The number of aliphatic imine (C=N–C) groups is 1. The molecule has 2 aliphatic carbocycles. The summed E-state index contributed by atoms with van der Waals surface area (Å²) < 4.78 is 0. The van der Waals surface area contributed by atoms with E-state index in [9.17, 15) is 9.59 Å². The second-order valence-corrected chi connectivity index (χ2v) is 14.3. The molecule has 0 radical (unpaired) electrons. The van der Waals surface area contributed by atoms with E-state index >= 15 is 0 Å². The number of hydrazone groups is 1. The highest BCUT2D eigenvalue weighted by atomic mass is 35.5. The third-order valence-corrected chi connectivity index (χ3v) is 10.4. The maximum absolute atomic E-state index is 14.6. The first-order chi connectivity index (χ1) is 21.1. The summed E-state index contributed by atoms with van der Waals surface area (Å²) in [5.41, 5.74) is 10.4. The molecule has 4 N–H and O–H groups in total. The summed E-state index contributed by atoms with van der Waals surface area (Å²) >= 11 is 12.8. The molecule has 0 aromatic heterocycles. The molecule has 9 nitrogen and oxygen atoms in total. The van der Waals surface area contributed by atoms with E-state index in [1.54, 1.807) is 18.2 Å². The predicted octanol–water partition coefficient (Wildman–Crippen LogP) is 6.14. The molecule has 2 heterocycles. The molecule has 1 atom stereocenters. The van der Waals surface area contributed by atoms with Gasteiger partial charge in [-0.1, -0.05) is 56.1 Å². The SMILES string of the molecule is CC(C)C1CCC2(CC1)N=C(c1cc(Cl)cc(Cl)c1)C(=O)N2[C@H](CCC1(C)CC1)c1ccc(C(=O)NCC2=NNNN2)cc1. The molecule has 44 heavy (non-hydrogen) atoms. The van der Waals surface area contributed by atoms with Crippen LogP contribution < -0.4 is 21.8 Å². The third kappa shape index (κ3) is 6.46. The number of hydrogen-bond acceptors (Lipinski definition) is 7. The van der Waals surface area contributed by atoms with Crippen molar-refractivity contribution in [2.75, 3.05) is 6.54 Å². The number of amidine groups is 1. The molecule has 2 aromatic rings. The Morgan fingerprint density at radius 2 is 1.75 bits per heavy atom. The van der Waals surface area contributed by atoms with Crippen molar-refractivity contribution in [3.8, 4) is 0 Å². The lowest BCUT2D eigenvalue weighted by Crippen LogP contribution is -2.51. The maximum atomic E-state index is 14.6. The predicted molar refractivity (Wildman–Crippen MR) is 174 cm³/mol. The number of rotatable bonds is 10. The summed E-state index contributed by atoms with van der Waals surface area (Å²) in [6.45, 7) is 7.16. The Balaban J connectivity index is 1.33. The van der Waals surface area contributed by atoms with Gasteiger partial charge in [0, 0.05) is 21.2 Å². The number of nitrogens with zero attached hydrogens (tertiary/aromatic N) is 3. The highest BCUT2D eigenvalue weighted by Gasteiger charge is 2.52. The zero-order valence-electron chi connectivity index (χ0n) is 25.6. The summed E-state index contributed by atoms with van der Waals surface area (Å²) in [6, 6.07) is 12.8. The van der Waals surface area contributed by atoms with E-state index in [4.69, 9.17) is 28.2 Å². The van der Waals surface area contributed by atoms with Crippen molar-refractivity contribution in [1.29, 1.82) is 0 Å². The number of carbonyl (C=O) groups is 2. The van der Waals surface area contributed by atoms with Crippen LogP contribution in [0.5, 0.6) is 0 Å². The zero-order chi connectivity index (χ0) is 31.1. The minimum absolute atomic E-state index is 0.0776. The van der Waals surface area contributed by atoms with Crippen LogP contribution in [0.1, 0.15) is 99.7 Å². The van der Waals surface area contributed by atoms with Crippen LogP contribution >= 0.6 is 23.2 Å². The second-order valence-electron chi connectivity index (χ2n) is 13.4. The molecule has 4 aliphatic rings. The van der Waals surface area contributed by atoms with Gasteiger partial charge in [0.25, 0.3) is 11.8 Å². The van der Waals surface area contributed by atoms with Crippen LogP contribution in [0.2, 0.25) is 10.0 Å². The number of carbonyl (C=O) groups excluding carboxylic acids is 2. The number of hydrogen-bond donors (Lipinski definition) is 4. The van der Waals surface area contributed by atoms with Gasteiger partial charge >= 0.3 is 0 Å². The van der Waals surface area contributed by atoms with E-state index in [-0.39, 0.29) is 24.4 Å². The van der Waals surface area contributed by atoms with Gasteiger partial charge in [0.15, 0.2) is 5.84 Å².